The van der Waals surface area contributed by atoms with Crippen LogP contribution in [0.2, 0.25) is 0 Å². The lowest BCUT2D eigenvalue weighted by Gasteiger charge is -2.28. The number of rotatable bonds is 8. The third-order valence-electron chi connectivity index (χ3n) is 5.25. The molecule has 0 bridgehead atoms. The summed E-state index contributed by atoms with van der Waals surface area (Å²) in [6, 6.07) is 6.09. The van der Waals surface area contributed by atoms with Gasteiger partial charge >= 0.3 is 0 Å². The number of Topliss-reactive ketones (excluding diaryl/α,β-unsaturated/α-hetero) is 1. The highest BCUT2D eigenvalue weighted by Gasteiger charge is 2.40. The molecule has 1 aliphatic heterocycles. The van der Waals surface area contributed by atoms with E-state index >= 15 is 0 Å². The number of carbonyl (C=O) groups is 2. The minimum atomic E-state index is -0.665. The molecular weight excluding hydrogens is 365 g/mol. The van der Waals surface area contributed by atoms with Gasteiger partial charge in [-0.3, -0.25) is 9.59 Å². The molecule has 0 spiro atoms. The molecule has 0 N–H and O–H groups in total. The minimum absolute atomic E-state index is 0.247. The van der Waals surface area contributed by atoms with Crippen LogP contribution in [0.4, 0.5) is 4.39 Å². The van der Waals surface area contributed by atoms with Gasteiger partial charge in [0.25, 0.3) is 5.91 Å². The first kappa shape index (κ1) is 21.5. The average Bonchev–Trinajstić information content (AvgIpc) is 3.15. The first-order valence-electron chi connectivity index (χ1n) is 9.52. The van der Waals surface area contributed by atoms with E-state index in [0.717, 1.165) is 31.2 Å². The maximum Gasteiger partial charge on any atom is 0.291 e. The van der Waals surface area contributed by atoms with Crippen LogP contribution in [0, 0.1) is 11.2 Å². The quantitative estimate of drug-likeness (QED) is 0.379. The summed E-state index contributed by atoms with van der Waals surface area (Å²) in [5.41, 5.74) is 0.373. The van der Waals surface area contributed by atoms with Gasteiger partial charge in [-0.15, -0.1) is 0 Å². The molecule has 0 saturated carbocycles. The van der Waals surface area contributed by atoms with E-state index in [2.05, 4.69) is 0 Å². The summed E-state index contributed by atoms with van der Waals surface area (Å²) in [6.45, 7) is 6.46. The van der Waals surface area contributed by atoms with Crippen molar-refractivity contribution in [2.24, 2.45) is 5.41 Å². The zero-order valence-corrected chi connectivity index (χ0v) is 17.1. The van der Waals surface area contributed by atoms with Gasteiger partial charge in [-0.25, -0.2) is 4.39 Å². The Balaban J connectivity index is 1.84. The molecule has 1 aromatic carbocycles. The number of likely N-dealkylation sites (tertiary alicyclic amines) is 1. The van der Waals surface area contributed by atoms with Gasteiger partial charge < -0.3 is 9.64 Å². The number of carbonyl (C=O) groups excluding carboxylic acids is 2. The molecule has 1 atom stereocenters. The number of benzene rings is 1. The zero-order valence-electron chi connectivity index (χ0n) is 16.3. The number of thiocarbonyl (C=S) groups is 1. The van der Waals surface area contributed by atoms with E-state index in [1.54, 1.807) is 30.9 Å². The van der Waals surface area contributed by atoms with E-state index < -0.39 is 11.3 Å². The molecule has 4 nitrogen and oxygen atoms in total. The maximum absolute atomic E-state index is 12.9. The molecule has 1 heterocycles. The molecule has 1 fully saturated rings. The van der Waals surface area contributed by atoms with Gasteiger partial charge in [0.1, 0.15) is 11.9 Å². The van der Waals surface area contributed by atoms with Crippen LogP contribution >= 0.6 is 12.2 Å². The summed E-state index contributed by atoms with van der Waals surface area (Å²) >= 11 is 5.39. The van der Waals surface area contributed by atoms with Gasteiger partial charge in [0, 0.05) is 12.0 Å². The number of ketones is 1. The molecule has 2 rings (SSSR count). The van der Waals surface area contributed by atoms with Gasteiger partial charge in [-0.05, 0) is 62.0 Å². The second-order valence-electron chi connectivity index (χ2n) is 7.62. The van der Waals surface area contributed by atoms with Crippen LogP contribution in [0.1, 0.15) is 52.0 Å². The van der Waals surface area contributed by atoms with Crippen LogP contribution in [0.25, 0.3) is 0 Å². The van der Waals surface area contributed by atoms with Crippen molar-refractivity contribution in [3.8, 4) is 0 Å². The fourth-order valence-corrected chi connectivity index (χ4v) is 3.36. The number of nitrogens with zero attached hydrogens (tertiary/aromatic N) is 1. The Morgan fingerprint density at radius 2 is 1.96 bits per heavy atom. The molecule has 27 heavy (non-hydrogen) atoms. The molecule has 1 aromatic rings. The summed E-state index contributed by atoms with van der Waals surface area (Å²) in [6.07, 6.45) is 3.66. The largest absolute Gasteiger partial charge is 0.485 e. The van der Waals surface area contributed by atoms with E-state index in [9.17, 15) is 14.0 Å². The Bertz CT molecular complexity index is 687. The molecular formula is C21H28FNO3S. The SMILES string of the molecule is CCC(C)(C)C(=O)C(=O)N1CCC[C@H]1C(=S)OCCCc1ccc(F)cc1. The Morgan fingerprint density at radius 3 is 2.59 bits per heavy atom. The molecule has 0 aliphatic carbocycles. The summed E-state index contributed by atoms with van der Waals surface area (Å²) in [5.74, 6) is -1.07. The molecule has 148 valence electrons. The monoisotopic (exact) mass is 393 g/mol. The van der Waals surface area contributed by atoms with Crippen molar-refractivity contribution in [3.05, 3.63) is 35.6 Å². The van der Waals surface area contributed by atoms with Crippen LogP contribution < -0.4 is 0 Å². The van der Waals surface area contributed by atoms with Crippen molar-refractivity contribution in [2.75, 3.05) is 13.2 Å². The van der Waals surface area contributed by atoms with E-state index in [1.807, 2.05) is 6.92 Å². The lowest BCUT2D eigenvalue weighted by Crippen LogP contribution is -2.47. The lowest BCUT2D eigenvalue weighted by atomic mass is 9.84. The number of halogens is 1. The molecule has 1 amide bonds. The first-order valence-corrected chi connectivity index (χ1v) is 9.93. The van der Waals surface area contributed by atoms with Crippen LogP contribution in [0.5, 0.6) is 0 Å². The van der Waals surface area contributed by atoms with Crippen LogP contribution in [-0.2, 0) is 20.7 Å². The van der Waals surface area contributed by atoms with Gasteiger partial charge in [-0.2, -0.15) is 0 Å². The number of hydrogen-bond acceptors (Lipinski definition) is 4. The standard InChI is InChI=1S/C21H28FNO3S/c1-4-21(2,3)18(24)19(25)23-13-5-8-17(23)20(27)26-14-6-7-15-9-11-16(22)12-10-15/h9-12,17H,4-8,13-14H2,1-3H3/t17-/m0/s1. The third-order valence-corrected chi connectivity index (χ3v) is 5.64. The maximum atomic E-state index is 12.9. The Labute approximate surface area is 166 Å². The summed E-state index contributed by atoms with van der Waals surface area (Å²) in [7, 11) is 0. The van der Waals surface area contributed by atoms with Gasteiger partial charge in [0.15, 0.2) is 5.05 Å². The molecule has 0 unspecified atom stereocenters. The van der Waals surface area contributed by atoms with Crippen molar-refractivity contribution in [3.63, 3.8) is 0 Å². The highest BCUT2D eigenvalue weighted by atomic mass is 32.1. The molecule has 0 aromatic heterocycles. The topological polar surface area (TPSA) is 46.6 Å². The zero-order chi connectivity index (χ0) is 20.0. The highest BCUT2D eigenvalue weighted by Crippen LogP contribution is 2.26. The van der Waals surface area contributed by atoms with Crippen molar-refractivity contribution in [1.29, 1.82) is 0 Å². The second kappa shape index (κ2) is 9.40. The molecule has 0 radical (unpaired) electrons. The Hall–Kier alpha value is -1.82. The lowest BCUT2D eigenvalue weighted by molar-refractivity contribution is -0.149. The minimum Gasteiger partial charge on any atom is -0.485 e. The van der Waals surface area contributed by atoms with Crippen LogP contribution in [0.3, 0.4) is 0 Å². The number of amides is 1. The molecule has 1 saturated heterocycles. The number of ether oxygens (including phenoxy) is 1. The van der Waals surface area contributed by atoms with Crippen LogP contribution in [0.15, 0.2) is 24.3 Å². The molecule has 1 aliphatic rings. The first-order chi connectivity index (χ1) is 12.8. The highest BCUT2D eigenvalue weighted by molar-refractivity contribution is 7.80. The van der Waals surface area contributed by atoms with Gasteiger partial charge in [0.2, 0.25) is 5.78 Å². The number of hydrogen-bond donors (Lipinski definition) is 0. The Kier molecular flexibility index (Phi) is 7.48. The second-order valence-corrected chi connectivity index (χ2v) is 8.02. The predicted octanol–water partition coefficient (Wildman–Crippen LogP) is 4.10. The third kappa shape index (κ3) is 5.58. The van der Waals surface area contributed by atoms with Crippen molar-refractivity contribution in [1.82, 2.24) is 4.90 Å². The fraction of sp³-hybridized carbons (Fsp3) is 0.571. The smallest absolute Gasteiger partial charge is 0.291 e. The van der Waals surface area contributed by atoms with E-state index in [0.29, 0.717) is 24.6 Å². The van der Waals surface area contributed by atoms with Crippen molar-refractivity contribution >= 4 is 29.0 Å². The summed E-state index contributed by atoms with van der Waals surface area (Å²) in [5, 5.41) is 0.377. The van der Waals surface area contributed by atoms with Gasteiger partial charge in [-0.1, -0.05) is 32.9 Å². The Morgan fingerprint density at radius 1 is 1.30 bits per heavy atom. The van der Waals surface area contributed by atoms with Crippen molar-refractivity contribution in [2.45, 2.75) is 58.9 Å². The predicted molar refractivity (Wildman–Crippen MR) is 107 cm³/mol. The van der Waals surface area contributed by atoms with E-state index in [1.165, 1.54) is 12.1 Å². The fourth-order valence-electron chi connectivity index (χ4n) is 3.03. The van der Waals surface area contributed by atoms with Crippen molar-refractivity contribution < 1.29 is 18.7 Å². The average molecular weight is 394 g/mol. The number of aryl methyl sites for hydroxylation is 1. The van der Waals surface area contributed by atoms with Gasteiger partial charge in [0.05, 0.1) is 6.61 Å². The van der Waals surface area contributed by atoms with E-state index in [4.69, 9.17) is 17.0 Å². The van der Waals surface area contributed by atoms with E-state index in [-0.39, 0.29) is 17.6 Å². The summed E-state index contributed by atoms with van der Waals surface area (Å²) < 4.78 is 18.6. The van der Waals surface area contributed by atoms with Crippen LogP contribution in [-0.4, -0.2) is 40.8 Å². The normalized spacial score (nSPS) is 17.0. The summed E-state index contributed by atoms with van der Waals surface area (Å²) in [4.78, 5) is 26.7. The molecule has 6 heteroatoms.